The lowest BCUT2D eigenvalue weighted by Gasteiger charge is -2.40. The number of unbranched alkanes of at least 4 members (excludes halogenated alkanes) is 1. The number of fused-ring (bicyclic) bond motifs is 2. The van der Waals surface area contributed by atoms with Gasteiger partial charge >= 0.3 is 0 Å². The number of aliphatic hydroxyl groups is 1. The lowest BCUT2D eigenvalue weighted by atomic mass is 9.77. The van der Waals surface area contributed by atoms with Crippen molar-refractivity contribution in [3.63, 3.8) is 0 Å². The molecule has 4 aliphatic rings. The number of anilines is 1. The van der Waals surface area contributed by atoms with Crippen LogP contribution in [-0.4, -0.2) is 82.2 Å². The van der Waals surface area contributed by atoms with E-state index in [-0.39, 0.29) is 24.3 Å². The van der Waals surface area contributed by atoms with Gasteiger partial charge in [0.1, 0.15) is 11.6 Å². The van der Waals surface area contributed by atoms with Gasteiger partial charge < -0.3 is 24.5 Å². The normalized spacial score (nSPS) is 31.9. The first-order chi connectivity index (χ1) is 17.2. The summed E-state index contributed by atoms with van der Waals surface area (Å²) in [5, 5.41) is 9.33. The van der Waals surface area contributed by atoms with Crippen LogP contribution >= 0.6 is 0 Å². The number of amides is 3. The molecule has 0 bridgehead atoms. The van der Waals surface area contributed by atoms with Crippen molar-refractivity contribution in [1.29, 1.82) is 0 Å². The molecule has 2 fully saturated rings. The summed E-state index contributed by atoms with van der Waals surface area (Å²) in [6, 6.07) is 8.58. The van der Waals surface area contributed by atoms with Gasteiger partial charge in [0.2, 0.25) is 17.7 Å². The summed E-state index contributed by atoms with van der Waals surface area (Å²) in [6.07, 6.45) is 8.07. The number of hydrogen-bond acceptors (Lipinski definition) is 5. The molecule has 192 valence electrons. The topological polar surface area (TPSA) is 90.4 Å². The van der Waals surface area contributed by atoms with Crippen LogP contribution < -0.4 is 4.90 Å². The fourth-order valence-corrected chi connectivity index (χ4v) is 6.21. The van der Waals surface area contributed by atoms with E-state index in [9.17, 15) is 19.5 Å². The summed E-state index contributed by atoms with van der Waals surface area (Å²) in [4.78, 5) is 47.3. The molecule has 0 aromatic heterocycles. The van der Waals surface area contributed by atoms with Crippen molar-refractivity contribution >= 4 is 23.4 Å². The number of nitrogens with zero attached hydrogens (tertiary/aromatic N) is 3. The lowest BCUT2D eigenvalue weighted by molar-refractivity contribution is -0.150. The van der Waals surface area contributed by atoms with Crippen LogP contribution in [0.15, 0.2) is 54.6 Å². The second kappa shape index (κ2) is 9.16. The summed E-state index contributed by atoms with van der Waals surface area (Å²) in [6.45, 7) is 7.07. The maximum absolute atomic E-state index is 14.1. The first-order valence-electron chi connectivity index (χ1n) is 12.8. The van der Waals surface area contributed by atoms with Crippen molar-refractivity contribution in [1.82, 2.24) is 9.80 Å². The number of benzene rings is 1. The number of aliphatic hydroxyl groups excluding tert-OH is 1. The van der Waals surface area contributed by atoms with Gasteiger partial charge in [0.25, 0.3) is 0 Å². The maximum Gasteiger partial charge on any atom is 0.249 e. The fourth-order valence-electron chi connectivity index (χ4n) is 6.21. The van der Waals surface area contributed by atoms with Crippen LogP contribution in [0, 0.1) is 11.8 Å². The minimum absolute atomic E-state index is 0.0136. The molecule has 0 radical (unpaired) electrons. The van der Waals surface area contributed by atoms with Crippen molar-refractivity contribution in [2.75, 3.05) is 31.1 Å². The van der Waals surface area contributed by atoms with Crippen molar-refractivity contribution < 1.29 is 24.2 Å². The van der Waals surface area contributed by atoms with Gasteiger partial charge in [0, 0.05) is 37.5 Å². The minimum atomic E-state index is -1.22. The third-order valence-electron chi connectivity index (χ3n) is 7.84. The van der Waals surface area contributed by atoms with Crippen LogP contribution in [0.2, 0.25) is 0 Å². The minimum Gasteiger partial charge on any atom is -0.396 e. The van der Waals surface area contributed by atoms with Crippen LogP contribution in [0.25, 0.3) is 0 Å². The molecule has 8 nitrogen and oxygen atoms in total. The number of carbonyl (C=O) groups excluding carboxylic acids is 3. The molecule has 0 aliphatic carbocycles. The molecule has 2 saturated heterocycles. The van der Waals surface area contributed by atoms with Gasteiger partial charge in [-0.25, -0.2) is 0 Å². The molecule has 4 heterocycles. The van der Waals surface area contributed by atoms with E-state index in [1.165, 1.54) is 0 Å². The van der Waals surface area contributed by atoms with E-state index in [0.29, 0.717) is 32.5 Å². The molecule has 1 unspecified atom stereocenters. The zero-order chi connectivity index (χ0) is 25.7. The molecule has 1 N–H and O–H groups in total. The number of ether oxygens (including phenoxy) is 1. The van der Waals surface area contributed by atoms with Crippen LogP contribution in [-0.2, 0) is 19.1 Å². The molecule has 1 aromatic carbocycles. The van der Waals surface area contributed by atoms with E-state index < -0.39 is 35.1 Å². The average molecular weight is 494 g/mol. The predicted octanol–water partition coefficient (Wildman–Crippen LogP) is 2.14. The monoisotopic (exact) mass is 493 g/mol. The van der Waals surface area contributed by atoms with Gasteiger partial charge in [-0.2, -0.15) is 0 Å². The molecule has 0 saturated carbocycles. The Morgan fingerprint density at radius 1 is 1.00 bits per heavy atom. The predicted molar refractivity (Wildman–Crippen MR) is 135 cm³/mol. The van der Waals surface area contributed by atoms with E-state index in [4.69, 9.17) is 4.74 Å². The van der Waals surface area contributed by atoms with Gasteiger partial charge in [0.05, 0.1) is 17.9 Å². The zero-order valence-electron chi connectivity index (χ0n) is 21.2. The van der Waals surface area contributed by atoms with Gasteiger partial charge in [-0.1, -0.05) is 42.5 Å². The fraction of sp³-hybridized carbons (Fsp3) is 0.536. The van der Waals surface area contributed by atoms with Crippen LogP contribution in [0.1, 0.15) is 33.6 Å². The van der Waals surface area contributed by atoms with Crippen molar-refractivity contribution in [3.05, 3.63) is 54.6 Å². The third kappa shape index (κ3) is 3.78. The Morgan fingerprint density at radius 2 is 1.75 bits per heavy atom. The van der Waals surface area contributed by atoms with Crippen molar-refractivity contribution in [3.8, 4) is 0 Å². The van der Waals surface area contributed by atoms with E-state index in [1.54, 1.807) is 14.7 Å². The SMILES string of the molecule is CC(C)(C)N1CC=C[C@]23O[C@@H]4C=CCN(c5ccccc5)C(=O)[C@@H]4[C@H]2C(=O)N(CCCCO)C3C1=O. The highest BCUT2D eigenvalue weighted by atomic mass is 16.5. The van der Waals surface area contributed by atoms with E-state index >= 15 is 0 Å². The van der Waals surface area contributed by atoms with Gasteiger partial charge in [0.15, 0.2) is 0 Å². The Labute approximate surface area is 212 Å². The third-order valence-corrected chi connectivity index (χ3v) is 7.84. The second-order valence-electron chi connectivity index (χ2n) is 11.0. The molecular weight excluding hydrogens is 458 g/mol. The number of para-hydroxylation sites is 1. The quantitative estimate of drug-likeness (QED) is 0.502. The van der Waals surface area contributed by atoms with Crippen LogP contribution in [0.4, 0.5) is 5.69 Å². The van der Waals surface area contributed by atoms with Crippen molar-refractivity contribution in [2.45, 2.75) is 56.9 Å². The Bertz CT molecular complexity index is 1090. The highest BCUT2D eigenvalue weighted by molar-refractivity contribution is 6.03. The molecule has 1 spiro atoms. The smallest absolute Gasteiger partial charge is 0.249 e. The van der Waals surface area contributed by atoms with Crippen molar-refractivity contribution in [2.24, 2.45) is 11.8 Å². The molecule has 8 heteroatoms. The summed E-state index contributed by atoms with van der Waals surface area (Å²) in [5.41, 5.74) is -0.905. The molecule has 5 atom stereocenters. The number of rotatable bonds is 5. The van der Waals surface area contributed by atoms with Gasteiger partial charge in [-0.05, 0) is 45.7 Å². The highest BCUT2D eigenvalue weighted by Gasteiger charge is 2.72. The van der Waals surface area contributed by atoms with Gasteiger partial charge in [-0.15, -0.1) is 0 Å². The molecular formula is C28H35N3O5. The summed E-state index contributed by atoms with van der Waals surface area (Å²) >= 11 is 0. The molecule has 3 amide bonds. The van der Waals surface area contributed by atoms with E-state index in [1.807, 2.05) is 75.4 Å². The van der Waals surface area contributed by atoms with Crippen LogP contribution in [0.5, 0.6) is 0 Å². The number of hydrogen-bond donors (Lipinski definition) is 1. The zero-order valence-corrected chi connectivity index (χ0v) is 21.2. The second-order valence-corrected chi connectivity index (χ2v) is 11.0. The number of carbonyl (C=O) groups is 3. The molecule has 5 rings (SSSR count). The van der Waals surface area contributed by atoms with E-state index in [0.717, 1.165) is 5.69 Å². The summed E-state index contributed by atoms with van der Waals surface area (Å²) in [5.74, 6) is -2.10. The van der Waals surface area contributed by atoms with E-state index in [2.05, 4.69) is 0 Å². The average Bonchev–Trinajstić information content (AvgIpc) is 3.14. The largest absolute Gasteiger partial charge is 0.396 e. The standard InChI is InChI=1S/C28H35N3O5/c1-27(2,3)31-17-10-14-28-22(25(34)30(15-7-8-18-32)23(28)26(31)35)21-20(36-28)13-9-16-29(24(21)33)19-11-5-4-6-12-19/h4-6,9-14,20-23,32H,7-8,15-18H2,1-3H3/t20-,21+,22+,23?,28+/m1/s1. The Hall–Kier alpha value is -2.97. The first-order valence-corrected chi connectivity index (χ1v) is 12.8. The first kappa shape index (κ1) is 24.7. The molecule has 1 aromatic rings. The summed E-state index contributed by atoms with van der Waals surface area (Å²) < 4.78 is 6.65. The lowest BCUT2D eigenvalue weighted by Crippen LogP contribution is -2.58. The highest BCUT2D eigenvalue weighted by Crippen LogP contribution is 2.54. The van der Waals surface area contributed by atoms with Gasteiger partial charge in [-0.3, -0.25) is 14.4 Å². The molecule has 4 aliphatic heterocycles. The maximum atomic E-state index is 14.1. The van der Waals surface area contributed by atoms with Crippen LogP contribution in [0.3, 0.4) is 0 Å². The number of likely N-dealkylation sites (tertiary alicyclic amines) is 1. The molecule has 36 heavy (non-hydrogen) atoms. The Kier molecular flexibility index (Phi) is 6.29. The summed E-state index contributed by atoms with van der Waals surface area (Å²) in [7, 11) is 0. The Morgan fingerprint density at radius 3 is 2.44 bits per heavy atom. The Balaban J connectivity index is 1.59.